The van der Waals surface area contributed by atoms with E-state index < -0.39 is 56.9 Å². The Labute approximate surface area is 286 Å². The molecule has 0 saturated carbocycles. The van der Waals surface area contributed by atoms with E-state index in [-0.39, 0.29) is 45.1 Å². The molecule has 0 N–H and O–H groups in total. The third kappa shape index (κ3) is 23.1. The number of ether oxygens (including phenoxy) is 2. The normalized spacial score (nSPS) is 15.3. The summed E-state index contributed by atoms with van der Waals surface area (Å²) >= 11 is 0. The molecule has 0 aromatic rings. The van der Waals surface area contributed by atoms with Crippen molar-refractivity contribution >= 4 is 37.5 Å². The van der Waals surface area contributed by atoms with Crippen LogP contribution in [0.15, 0.2) is 0 Å². The Bertz CT molecular complexity index is 1020. The van der Waals surface area contributed by atoms with Gasteiger partial charge in [0.1, 0.15) is 19.8 Å². The highest BCUT2D eigenvalue weighted by molar-refractivity contribution is 7.45. The first kappa shape index (κ1) is 43.6. The number of rotatable bonds is 29. The van der Waals surface area contributed by atoms with Crippen molar-refractivity contribution in [1.82, 2.24) is 5.06 Å². The predicted molar refractivity (Wildman–Crippen MR) is 175 cm³/mol. The first-order chi connectivity index (χ1) is 22.7. The van der Waals surface area contributed by atoms with Crippen molar-refractivity contribution in [3.8, 4) is 0 Å². The predicted octanol–water partition coefficient (Wildman–Crippen LogP) is 4.91. The number of unbranched alkanes of at least 4 members (excludes halogenated alkanes) is 12. The Morgan fingerprint density at radius 3 is 1.77 bits per heavy atom. The van der Waals surface area contributed by atoms with Crippen molar-refractivity contribution in [2.24, 2.45) is 0 Å². The van der Waals surface area contributed by atoms with Gasteiger partial charge in [-0.15, -0.1) is 5.06 Å². The monoisotopic (exact) mass is 706 g/mol. The third-order valence-electron chi connectivity index (χ3n) is 7.60. The van der Waals surface area contributed by atoms with Crippen molar-refractivity contribution in [3.63, 3.8) is 0 Å². The maximum absolute atomic E-state index is 12.5. The minimum atomic E-state index is -4.74. The fraction of sp³-hybridized carbons (Fsp3) is 0.848. The molecular formula is C33H59N2O12P. The maximum atomic E-state index is 12.5. The van der Waals surface area contributed by atoms with Crippen molar-refractivity contribution in [1.29, 1.82) is 0 Å². The Balaban J connectivity index is 2.42. The zero-order valence-corrected chi connectivity index (χ0v) is 30.5. The van der Waals surface area contributed by atoms with Gasteiger partial charge in [0.25, 0.3) is 19.6 Å². The van der Waals surface area contributed by atoms with Gasteiger partial charge in [-0.05, 0) is 12.8 Å². The second-order valence-electron chi connectivity index (χ2n) is 13.3. The van der Waals surface area contributed by atoms with E-state index >= 15 is 0 Å². The summed E-state index contributed by atoms with van der Waals surface area (Å²) in [4.78, 5) is 77.0. The van der Waals surface area contributed by atoms with Crippen molar-refractivity contribution in [2.75, 3.05) is 47.5 Å². The number of hydrogen-bond donors (Lipinski definition) is 0. The number of imide groups is 1. The molecule has 0 radical (unpaired) electrons. The summed E-state index contributed by atoms with van der Waals surface area (Å²) in [6.45, 7) is 1.44. The first-order valence-electron chi connectivity index (χ1n) is 17.5. The van der Waals surface area contributed by atoms with Crippen LogP contribution in [0.5, 0.6) is 0 Å². The maximum Gasteiger partial charge on any atom is 0.333 e. The van der Waals surface area contributed by atoms with Crippen LogP contribution in [-0.2, 0) is 51.9 Å². The summed E-state index contributed by atoms with van der Waals surface area (Å²) < 4.78 is 33.1. The Kier molecular flexibility index (Phi) is 22.5. The van der Waals surface area contributed by atoms with Gasteiger partial charge in [-0.2, -0.15) is 0 Å². The molecule has 0 spiro atoms. The molecule has 1 fully saturated rings. The zero-order valence-electron chi connectivity index (χ0n) is 29.6. The van der Waals surface area contributed by atoms with Gasteiger partial charge in [-0.1, -0.05) is 84.0 Å². The molecular weight excluding hydrogens is 647 g/mol. The molecule has 2 amide bonds. The second kappa shape index (κ2) is 24.7. The molecule has 0 aromatic heterocycles. The molecule has 1 aliphatic heterocycles. The Morgan fingerprint density at radius 1 is 0.729 bits per heavy atom. The van der Waals surface area contributed by atoms with E-state index in [0.717, 1.165) is 19.3 Å². The van der Waals surface area contributed by atoms with Crippen LogP contribution in [0.1, 0.15) is 129 Å². The smallest absolute Gasteiger partial charge is 0.333 e. The molecule has 0 aliphatic carbocycles. The molecule has 1 aliphatic rings. The van der Waals surface area contributed by atoms with Crippen LogP contribution < -0.4 is 4.89 Å². The van der Waals surface area contributed by atoms with Gasteiger partial charge in [0.2, 0.25) is 0 Å². The molecule has 1 heterocycles. The van der Waals surface area contributed by atoms with Crippen molar-refractivity contribution in [3.05, 3.63) is 0 Å². The molecule has 1 rings (SSSR count). The van der Waals surface area contributed by atoms with E-state index in [1.807, 2.05) is 21.1 Å². The molecule has 1 saturated heterocycles. The van der Waals surface area contributed by atoms with E-state index in [4.69, 9.17) is 23.4 Å². The van der Waals surface area contributed by atoms with Crippen molar-refractivity contribution in [2.45, 2.75) is 135 Å². The van der Waals surface area contributed by atoms with E-state index in [0.29, 0.717) is 22.5 Å². The molecule has 15 heteroatoms. The van der Waals surface area contributed by atoms with E-state index in [1.165, 1.54) is 57.8 Å². The first-order valence-corrected chi connectivity index (χ1v) is 19.0. The second-order valence-corrected chi connectivity index (χ2v) is 14.7. The van der Waals surface area contributed by atoms with Crippen LogP contribution in [0.25, 0.3) is 0 Å². The number of carbonyl (C=O) groups is 5. The van der Waals surface area contributed by atoms with Gasteiger partial charge in [0.05, 0.1) is 27.7 Å². The Morgan fingerprint density at radius 2 is 1.23 bits per heavy atom. The van der Waals surface area contributed by atoms with Crippen molar-refractivity contribution < 1.29 is 61.3 Å². The number of quaternary nitrogens is 1. The lowest BCUT2D eigenvalue weighted by Gasteiger charge is -2.28. The van der Waals surface area contributed by atoms with Crippen LogP contribution in [-0.4, -0.2) is 92.9 Å². The van der Waals surface area contributed by atoms with Crippen LogP contribution in [0.3, 0.4) is 0 Å². The fourth-order valence-electron chi connectivity index (χ4n) is 4.73. The molecule has 48 heavy (non-hydrogen) atoms. The highest BCUT2D eigenvalue weighted by Crippen LogP contribution is 2.38. The van der Waals surface area contributed by atoms with E-state index in [9.17, 15) is 33.4 Å². The average Bonchev–Trinajstić information content (AvgIpc) is 3.32. The van der Waals surface area contributed by atoms with Crippen LogP contribution in [0.2, 0.25) is 0 Å². The van der Waals surface area contributed by atoms with Gasteiger partial charge in [-0.3, -0.25) is 23.7 Å². The summed E-state index contributed by atoms with van der Waals surface area (Å²) in [7, 11) is 0.865. The van der Waals surface area contributed by atoms with Crippen LogP contribution in [0.4, 0.5) is 0 Å². The largest absolute Gasteiger partial charge is 0.756 e. The number of phosphoric acid groups is 1. The standard InChI is InChI=1S/C33H59N2O12P/c1-5-6-7-8-9-10-11-12-13-14-15-16-17-19-31(38)43-26-28(27-45-48(41,42)44-25-24-35(2,3)4)46-32(39)20-18-21-33(40)47-34-29(36)22-23-30(34)37/h28H,5-27H2,1-4H3/t28-/m1/s1. The molecule has 0 aromatic carbocycles. The summed E-state index contributed by atoms with van der Waals surface area (Å²) in [6.07, 6.45) is 13.5. The van der Waals surface area contributed by atoms with Crippen LogP contribution >= 0.6 is 7.82 Å². The molecule has 14 nitrogen and oxygen atoms in total. The Hall–Kier alpha value is -2.38. The van der Waals surface area contributed by atoms with E-state index in [2.05, 4.69) is 6.92 Å². The summed E-state index contributed by atoms with van der Waals surface area (Å²) in [5, 5.41) is 0.421. The molecule has 1 unspecified atom stereocenters. The number of hydroxylamine groups is 2. The summed E-state index contributed by atoms with van der Waals surface area (Å²) in [5.41, 5.74) is 0. The van der Waals surface area contributed by atoms with Gasteiger partial charge < -0.3 is 32.7 Å². The minimum Gasteiger partial charge on any atom is -0.756 e. The lowest BCUT2D eigenvalue weighted by Crippen LogP contribution is -2.37. The number of carbonyl (C=O) groups excluding carboxylic acids is 5. The number of phosphoric ester groups is 1. The van der Waals surface area contributed by atoms with Gasteiger partial charge in [-0.25, -0.2) is 4.79 Å². The molecule has 2 atom stereocenters. The highest BCUT2D eigenvalue weighted by Gasteiger charge is 2.32. The lowest BCUT2D eigenvalue weighted by atomic mass is 10.0. The van der Waals surface area contributed by atoms with Crippen LogP contribution in [0, 0.1) is 0 Å². The number of nitrogens with zero attached hydrogens (tertiary/aromatic N) is 2. The third-order valence-corrected chi connectivity index (χ3v) is 8.57. The van der Waals surface area contributed by atoms with Gasteiger partial charge in [0, 0.05) is 32.1 Å². The minimum absolute atomic E-state index is 0.0332. The number of likely N-dealkylation sites (N-methyl/N-ethyl adjacent to an activating group) is 1. The number of esters is 2. The summed E-state index contributed by atoms with van der Waals surface area (Å²) in [5.74, 6) is -3.40. The van der Waals surface area contributed by atoms with Gasteiger partial charge >= 0.3 is 17.9 Å². The molecule has 278 valence electrons. The zero-order chi connectivity index (χ0) is 35.8. The quantitative estimate of drug-likeness (QED) is 0.0339. The number of hydrogen-bond acceptors (Lipinski definition) is 12. The van der Waals surface area contributed by atoms with E-state index in [1.54, 1.807) is 0 Å². The molecule has 0 bridgehead atoms. The van der Waals surface area contributed by atoms with Gasteiger partial charge in [0.15, 0.2) is 6.10 Å². The topological polar surface area (TPSA) is 175 Å². The lowest BCUT2D eigenvalue weighted by molar-refractivity contribution is -0.870. The SMILES string of the molecule is CCCCCCCCCCCCCCCC(=O)OC[C@H](COP(=O)([O-])OCC[N+](C)(C)C)OC(=O)CCCC(=O)ON1C(=O)CCC1=O. The number of amides is 2. The average molecular weight is 707 g/mol. The fourth-order valence-corrected chi connectivity index (χ4v) is 5.46. The highest BCUT2D eigenvalue weighted by atomic mass is 31.2. The summed E-state index contributed by atoms with van der Waals surface area (Å²) in [6, 6.07) is 0.